The summed E-state index contributed by atoms with van der Waals surface area (Å²) in [6, 6.07) is 11.3. The SMILES string of the molecule is CCOC(=O)c1c(-c2ccc(C)cc2)csc1NC(=O)CCn1cccc1C=O. The van der Waals surface area contributed by atoms with Crippen molar-refractivity contribution in [2.75, 3.05) is 11.9 Å². The minimum atomic E-state index is -0.465. The van der Waals surface area contributed by atoms with E-state index in [1.165, 1.54) is 11.3 Å². The second-order valence-electron chi connectivity index (χ2n) is 6.48. The Kier molecular flexibility index (Phi) is 6.61. The number of thiophene rings is 1. The molecule has 7 heteroatoms. The Morgan fingerprint density at radius 2 is 1.97 bits per heavy atom. The average Bonchev–Trinajstić information content (AvgIpc) is 3.33. The van der Waals surface area contributed by atoms with Crippen LogP contribution in [0.1, 0.15) is 39.8 Å². The van der Waals surface area contributed by atoms with Gasteiger partial charge in [0.05, 0.1) is 12.3 Å². The van der Waals surface area contributed by atoms with Gasteiger partial charge in [-0.3, -0.25) is 9.59 Å². The number of aryl methyl sites for hydroxylation is 2. The lowest BCUT2D eigenvalue weighted by Crippen LogP contribution is -2.16. The summed E-state index contributed by atoms with van der Waals surface area (Å²) in [6.07, 6.45) is 2.68. The molecule has 2 heterocycles. The quantitative estimate of drug-likeness (QED) is 0.437. The van der Waals surface area contributed by atoms with Crippen molar-refractivity contribution >= 4 is 34.5 Å². The molecule has 0 aliphatic carbocycles. The number of benzene rings is 1. The van der Waals surface area contributed by atoms with E-state index in [2.05, 4.69) is 5.32 Å². The highest BCUT2D eigenvalue weighted by molar-refractivity contribution is 7.15. The van der Waals surface area contributed by atoms with Crippen molar-refractivity contribution in [1.82, 2.24) is 4.57 Å². The van der Waals surface area contributed by atoms with Gasteiger partial charge in [-0.15, -0.1) is 11.3 Å². The van der Waals surface area contributed by atoms with Gasteiger partial charge < -0.3 is 14.6 Å². The van der Waals surface area contributed by atoms with Gasteiger partial charge in [0, 0.05) is 30.1 Å². The summed E-state index contributed by atoms with van der Waals surface area (Å²) in [4.78, 5) is 36.1. The molecule has 3 aromatic rings. The van der Waals surface area contributed by atoms with Crippen LogP contribution < -0.4 is 5.32 Å². The lowest BCUT2D eigenvalue weighted by Gasteiger charge is -2.10. The van der Waals surface area contributed by atoms with Gasteiger partial charge >= 0.3 is 5.97 Å². The number of rotatable bonds is 8. The van der Waals surface area contributed by atoms with Crippen LogP contribution in [0.4, 0.5) is 5.00 Å². The number of ether oxygens (including phenoxy) is 1. The standard InChI is InChI=1S/C22H22N2O4S/c1-3-28-22(27)20-18(16-8-6-15(2)7-9-16)14-29-21(20)23-19(26)10-12-24-11-4-5-17(24)13-25/h4-9,11,13-14H,3,10,12H2,1-2H3,(H,23,26). The molecule has 29 heavy (non-hydrogen) atoms. The Bertz CT molecular complexity index is 1020. The molecule has 0 fully saturated rings. The first-order chi connectivity index (χ1) is 14.0. The number of hydrogen-bond acceptors (Lipinski definition) is 5. The third-order valence-corrected chi connectivity index (χ3v) is 5.35. The molecule has 0 atom stereocenters. The van der Waals surface area contributed by atoms with Gasteiger partial charge in [0.1, 0.15) is 10.6 Å². The summed E-state index contributed by atoms with van der Waals surface area (Å²) in [5, 5.41) is 5.14. The Morgan fingerprint density at radius 3 is 2.66 bits per heavy atom. The molecule has 0 saturated heterocycles. The van der Waals surface area contributed by atoms with Crippen LogP contribution in [-0.2, 0) is 16.1 Å². The summed E-state index contributed by atoms with van der Waals surface area (Å²) in [5.74, 6) is -0.702. The van der Waals surface area contributed by atoms with E-state index in [4.69, 9.17) is 4.74 Å². The predicted molar refractivity (Wildman–Crippen MR) is 114 cm³/mol. The maximum absolute atomic E-state index is 12.6. The maximum atomic E-state index is 12.6. The van der Waals surface area contributed by atoms with Gasteiger partial charge in [-0.05, 0) is 31.5 Å². The van der Waals surface area contributed by atoms with Crippen LogP contribution in [0, 0.1) is 6.92 Å². The van der Waals surface area contributed by atoms with Gasteiger partial charge in [0.2, 0.25) is 5.91 Å². The molecule has 0 radical (unpaired) electrons. The number of nitrogens with zero attached hydrogens (tertiary/aromatic N) is 1. The van der Waals surface area contributed by atoms with E-state index in [0.717, 1.165) is 23.0 Å². The Labute approximate surface area is 173 Å². The molecular weight excluding hydrogens is 388 g/mol. The molecule has 3 rings (SSSR count). The Hall–Kier alpha value is -3.19. The van der Waals surface area contributed by atoms with E-state index in [0.29, 0.717) is 22.8 Å². The minimum absolute atomic E-state index is 0.176. The summed E-state index contributed by atoms with van der Waals surface area (Å²) < 4.78 is 6.93. The lowest BCUT2D eigenvalue weighted by molar-refractivity contribution is -0.116. The highest BCUT2D eigenvalue weighted by Crippen LogP contribution is 2.36. The van der Waals surface area contributed by atoms with Crippen molar-refractivity contribution in [2.24, 2.45) is 0 Å². The second-order valence-corrected chi connectivity index (χ2v) is 7.36. The van der Waals surface area contributed by atoms with Crippen LogP contribution in [0.3, 0.4) is 0 Å². The maximum Gasteiger partial charge on any atom is 0.341 e. The van der Waals surface area contributed by atoms with Crippen molar-refractivity contribution in [3.05, 3.63) is 64.8 Å². The van der Waals surface area contributed by atoms with Crippen LogP contribution >= 0.6 is 11.3 Å². The normalized spacial score (nSPS) is 10.6. The Balaban J connectivity index is 1.80. The van der Waals surface area contributed by atoms with E-state index in [9.17, 15) is 14.4 Å². The Morgan fingerprint density at radius 1 is 1.21 bits per heavy atom. The average molecular weight is 410 g/mol. The van der Waals surface area contributed by atoms with E-state index < -0.39 is 5.97 Å². The first-order valence-corrected chi connectivity index (χ1v) is 10.2. The zero-order chi connectivity index (χ0) is 20.8. The van der Waals surface area contributed by atoms with Crippen LogP contribution in [0.2, 0.25) is 0 Å². The van der Waals surface area contributed by atoms with Gasteiger partial charge in [-0.1, -0.05) is 29.8 Å². The van der Waals surface area contributed by atoms with Crippen molar-refractivity contribution in [1.29, 1.82) is 0 Å². The zero-order valence-corrected chi connectivity index (χ0v) is 17.1. The van der Waals surface area contributed by atoms with Crippen LogP contribution in [0.25, 0.3) is 11.1 Å². The number of esters is 1. The molecule has 150 valence electrons. The summed E-state index contributed by atoms with van der Waals surface area (Å²) in [7, 11) is 0. The summed E-state index contributed by atoms with van der Waals surface area (Å²) in [6.45, 7) is 4.36. The van der Waals surface area contributed by atoms with Crippen molar-refractivity contribution in [2.45, 2.75) is 26.8 Å². The third-order valence-electron chi connectivity index (χ3n) is 4.45. The molecule has 2 aromatic heterocycles. The van der Waals surface area contributed by atoms with Gasteiger partial charge in [-0.2, -0.15) is 0 Å². The highest BCUT2D eigenvalue weighted by Gasteiger charge is 2.22. The number of hydrogen-bond donors (Lipinski definition) is 1. The first kappa shape index (κ1) is 20.5. The molecule has 1 amide bonds. The minimum Gasteiger partial charge on any atom is -0.462 e. The van der Waals surface area contributed by atoms with Crippen LogP contribution in [0.15, 0.2) is 48.0 Å². The molecule has 0 aliphatic rings. The topological polar surface area (TPSA) is 77.4 Å². The fraction of sp³-hybridized carbons (Fsp3) is 0.227. The highest BCUT2D eigenvalue weighted by atomic mass is 32.1. The number of carbonyl (C=O) groups excluding carboxylic acids is 3. The van der Waals surface area contributed by atoms with Crippen molar-refractivity contribution in [3.63, 3.8) is 0 Å². The fourth-order valence-electron chi connectivity index (χ4n) is 2.95. The molecule has 0 saturated carbocycles. The molecule has 0 unspecified atom stereocenters. The van der Waals surface area contributed by atoms with Crippen molar-refractivity contribution < 1.29 is 19.1 Å². The molecule has 6 nitrogen and oxygen atoms in total. The zero-order valence-electron chi connectivity index (χ0n) is 16.3. The van der Waals surface area contributed by atoms with Crippen LogP contribution in [0.5, 0.6) is 0 Å². The number of aromatic nitrogens is 1. The van der Waals surface area contributed by atoms with E-state index in [1.54, 1.807) is 29.8 Å². The number of carbonyl (C=O) groups is 3. The third kappa shape index (κ3) is 4.81. The number of aldehydes is 1. The van der Waals surface area contributed by atoms with E-state index in [1.807, 2.05) is 36.6 Å². The smallest absolute Gasteiger partial charge is 0.341 e. The number of anilines is 1. The first-order valence-electron chi connectivity index (χ1n) is 9.29. The summed E-state index contributed by atoms with van der Waals surface area (Å²) in [5.41, 5.74) is 3.62. The monoisotopic (exact) mass is 410 g/mol. The summed E-state index contributed by atoms with van der Waals surface area (Å²) >= 11 is 1.29. The molecule has 0 bridgehead atoms. The number of nitrogens with one attached hydrogen (secondary N) is 1. The largest absolute Gasteiger partial charge is 0.462 e. The van der Waals surface area contributed by atoms with E-state index in [-0.39, 0.29) is 18.9 Å². The van der Waals surface area contributed by atoms with Gasteiger partial charge in [0.15, 0.2) is 6.29 Å². The van der Waals surface area contributed by atoms with Gasteiger partial charge in [0.25, 0.3) is 0 Å². The van der Waals surface area contributed by atoms with E-state index >= 15 is 0 Å². The lowest BCUT2D eigenvalue weighted by atomic mass is 10.0. The molecular formula is C22H22N2O4S. The molecule has 1 aromatic carbocycles. The molecule has 1 N–H and O–H groups in total. The molecule has 0 spiro atoms. The van der Waals surface area contributed by atoms with Crippen LogP contribution in [-0.4, -0.2) is 29.3 Å². The number of amides is 1. The second kappa shape index (κ2) is 9.34. The van der Waals surface area contributed by atoms with Gasteiger partial charge in [-0.25, -0.2) is 4.79 Å². The van der Waals surface area contributed by atoms with Crippen molar-refractivity contribution in [3.8, 4) is 11.1 Å². The fourth-order valence-corrected chi connectivity index (χ4v) is 3.92. The predicted octanol–water partition coefficient (Wildman–Crippen LogP) is 4.54. The molecule has 0 aliphatic heterocycles.